The number of benzene rings is 2. The molecule has 0 bridgehead atoms. The molecule has 0 saturated heterocycles. The Morgan fingerprint density at radius 2 is 1.81 bits per heavy atom. The minimum Gasteiger partial charge on any atom is -0.493 e. The van der Waals surface area contributed by atoms with Crippen LogP contribution in [0, 0.1) is 0 Å². The summed E-state index contributed by atoms with van der Waals surface area (Å²) in [5.74, 6) is 1.01. The number of ether oxygens (including phenoxy) is 2. The number of thiophene rings is 1. The molecule has 1 aromatic heterocycles. The van der Waals surface area contributed by atoms with Gasteiger partial charge in [0, 0.05) is 28.6 Å². The van der Waals surface area contributed by atoms with E-state index < -0.39 is 0 Å². The zero-order valence-corrected chi connectivity index (χ0v) is 18.8. The third-order valence-corrected chi connectivity index (χ3v) is 7.07. The number of methoxy groups -OCH3 is 2. The first kappa shape index (κ1) is 20.6. The molecule has 0 atom stereocenters. The van der Waals surface area contributed by atoms with Crippen molar-refractivity contribution in [2.75, 3.05) is 25.7 Å². The summed E-state index contributed by atoms with van der Waals surface area (Å²) >= 11 is 1.50. The summed E-state index contributed by atoms with van der Waals surface area (Å²) in [6.07, 6.45) is 2.80. The van der Waals surface area contributed by atoms with Gasteiger partial charge in [-0.15, -0.1) is 11.3 Å². The fraction of sp³-hybridized carbons (Fsp3) is 0.280. The Hall–Kier alpha value is -3.32. The number of fused-ring (bicyclic) bond motifs is 3. The van der Waals surface area contributed by atoms with Crippen molar-refractivity contribution in [3.8, 4) is 21.9 Å². The average Bonchev–Trinajstić information content (AvgIpc) is 3.57. The van der Waals surface area contributed by atoms with Crippen LogP contribution in [0.15, 0.2) is 48.5 Å². The van der Waals surface area contributed by atoms with Gasteiger partial charge in [0.25, 0.3) is 11.8 Å². The lowest BCUT2D eigenvalue weighted by Crippen LogP contribution is -2.32. The van der Waals surface area contributed by atoms with Gasteiger partial charge in [0.05, 0.1) is 24.8 Å². The van der Waals surface area contributed by atoms with E-state index in [0.717, 1.165) is 39.4 Å². The number of hydrogen-bond donors (Lipinski definition) is 1. The second kappa shape index (κ2) is 8.31. The van der Waals surface area contributed by atoms with Crippen molar-refractivity contribution in [3.05, 3.63) is 64.5 Å². The van der Waals surface area contributed by atoms with Gasteiger partial charge in [-0.05, 0) is 55.2 Å². The lowest BCUT2D eigenvalue weighted by molar-refractivity contribution is 0.0953. The smallest absolute Gasteiger partial charge is 0.261 e. The molecule has 2 aromatic carbocycles. The monoisotopic (exact) mass is 448 g/mol. The van der Waals surface area contributed by atoms with Crippen molar-refractivity contribution in [3.63, 3.8) is 0 Å². The molecule has 0 radical (unpaired) electrons. The Kier molecular flexibility index (Phi) is 5.35. The number of carbonyl (C=O) groups excluding carboxylic acids is 2. The fourth-order valence-corrected chi connectivity index (χ4v) is 5.18. The van der Waals surface area contributed by atoms with Gasteiger partial charge in [-0.3, -0.25) is 9.59 Å². The van der Waals surface area contributed by atoms with E-state index in [4.69, 9.17) is 9.47 Å². The third-order valence-electron chi connectivity index (χ3n) is 5.87. The lowest BCUT2D eigenvalue weighted by Gasteiger charge is -2.23. The van der Waals surface area contributed by atoms with Crippen LogP contribution in [0.2, 0.25) is 0 Å². The summed E-state index contributed by atoms with van der Waals surface area (Å²) in [5.41, 5.74) is 3.46. The summed E-state index contributed by atoms with van der Waals surface area (Å²) in [6, 6.07) is 15.4. The first-order valence-corrected chi connectivity index (χ1v) is 11.5. The Morgan fingerprint density at radius 3 is 2.56 bits per heavy atom. The minimum absolute atomic E-state index is 0.00122. The molecule has 7 heteroatoms. The summed E-state index contributed by atoms with van der Waals surface area (Å²) in [5, 5.41) is 3.07. The first-order valence-electron chi connectivity index (χ1n) is 10.7. The third kappa shape index (κ3) is 3.73. The van der Waals surface area contributed by atoms with Gasteiger partial charge in [0.15, 0.2) is 11.5 Å². The maximum absolute atomic E-state index is 13.5. The zero-order chi connectivity index (χ0) is 22.2. The van der Waals surface area contributed by atoms with Gasteiger partial charge < -0.3 is 19.7 Å². The second-order valence-corrected chi connectivity index (χ2v) is 9.06. The number of anilines is 1. The van der Waals surface area contributed by atoms with E-state index in [-0.39, 0.29) is 11.8 Å². The molecule has 1 aliphatic carbocycles. The molecule has 1 N–H and O–H groups in total. The Bertz CT molecular complexity index is 1200. The van der Waals surface area contributed by atoms with Crippen LogP contribution in [0.1, 0.15) is 38.4 Å². The van der Waals surface area contributed by atoms with Gasteiger partial charge >= 0.3 is 0 Å². The topological polar surface area (TPSA) is 67.9 Å². The highest BCUT2D eigenvalue weighted by molar-refractivity contribution is 7.17. The van der Waals surface area contributed by atoms with Crippen LogP contribution in [0.5, 0.6) is 11.5 Å². The van der Waals surface area contributed by atoms with E-state index in [1.807, 2.05) is 35.2 Å². The molecule has 0 spiro atoms. The van der Waals surface area contributed by atoms with Crippen LogP contribution in [0.25, 0.3) is 10.4 Å². The second-order valence-electron chi connectivity index (χ2n) is 8.01. The summed E-state index contributed by atoms with van der Waals surface area (Å²) in [6.45, 7) is 0.525. The number of carbonyl (C=O) groups is 2. The van der Waals surface area contributed by atoms with Gasteiger partial charge in [0.2, 0.25) is 0 Å². The maximum atomic E-state index is 13.5. The van der Waals surface area contributed by atoms with E-state index >= 15 is 0 Å². The largest absolute Gasteiger partial charge is 0.493 e. The van der Waals surface area contributed by atoms with Crippen molar-refractivity contribution < 1.29 is 19.1 Å². The number of nitrogens with one attached hydrogen (secondary N) is 1. The highest BCUT2D eigenvalue weighted by atomic mass is 32.1. The fourth-order valence-electron chi connectivity index (χ4n) is 4.03. The van der Waals surface area contributed by atoms with Crippen LogP contribution in [0.3, 0.4) is 0 Å². The van der Waals surface area contributed by atoms with Crippen molar-refractivity contribution in [1.82, 2.24) is 5.32 Å². The van der Waals surface area contributed by atoms with Crippen LogP contribution in [-0.2, 0) is 6.42 Å². The molecular formula is C25H24N2O4S. The quantitative estimate of drug-likeness (QED) is 0.623. The van der Waals surface area contributed by atoms with E-state index in [1.165, 1.54) is 11.3 Å². The molecule has 1 saturated carbocycles. The Morgan fingerprint density at radius 1 is 1.03 bits per heavy atom. The number of para-hydroxylation sites is 1. The Labute approximate surface area is 190 Å². The molecule has 6 nitrogen and oxygen atoms in total. The van der Waals surface area contributed by atoms with Crippen molar-refractivity contribution in [1.29, 1.82) is 0 Å². The minimum atomic E-state index is -0.0970. The van der Waals surface area contributed by atoms with Crippen molar-refractivity contribution in [2.45, 2.75) is 25.3 Å². The van der Waals surface area contributed by atoms with Gasteiger partial charge in [0.1, 0.15) is 0 Å². The maximum Gasteiger partial charge on any atom is 0.261 e. The zero-order valence-electron chi connectivity index (χ0n) is 18.0. The highest BCUT2D eigenvalue weighted by Crippen LogP contribution is 2.42. The van der Waals surface area contributed by atoms with Crippen LogP contribution in [-0.4, -0.2) is 38.6 Å². The molecule has 32 heavy (non-hydrogen) atoms. The molecular weight excluding hydrogens is 424 g/mol. The van der Waals surface area contributed by atoms with Crippen molar-refractivity contribution in [2.24, 2.45) is 0 Å². The summed E-state index contributed by atoms with van der Waals surface area (Å²) < 4.78 is 10.7. The molecule has 2 heterocycles. The first-order chi connectivity index (χ1) is 15.6. The number of rotatable bonds is 5. The van der Waals surface area contributed by atoms with Gasteiger partial charge in [-0.2, -0.15) is 0 Å². The molecule has 2 amide bonds. The number of nitrogens with zero attached hydrogens (tertiary/aromatic N) is 1. The van der Waals surface area contributed by atoms with E-state index in [0.29, 0.717) is 36.1 Å². The normalized spacial score (nSPS) is 14.8. The average molecular weight is 449 g/mol. The predicted molar refractivity (Wildman–Crippen MR) is 125 cm³/mol. The molecule has 5 rings (SSSR count). The molecule has 2 aliphatic rings. The molecule has 164 valence electrons. The van der Waals surface area contributed by atoms with Crippen LogP contribution in [0.4, 0.5) is 5.69 Å². The Balaban J connectivity index is 1.50. The molecule has 1 fully saturated rings. The number of hydrogen-bond acceptors (Lipinski definition) is 5. The SMILES string of the molecule is COc1ccc(C(=O)N2CCc3cc(C(=O)NC4CC4)sc3-c3ccccc32)cc1OC. The molecule has 1 aliphatic heterocycles. The lowest BCUT2D eigenvalue weighted by atomic mass is 10.1. The van der Waals surface area contributed by atoms with Gasteiger partial charge in [-0.25, -0.2) is 0 Å². The predicted octanol–water partition coefficient (Wildman–Crippen LogP) is 4.53. The standard InChI is InChI=1S/C25H24N2O4S/c1-30-20-10-7-16(13-21(20)31-2)25(29)27-12-11-15-14-22(24(28)26-17-8-9-17)32-23(15)18-5-3-4-6-19(18)27/h3-7,10,13-14,17H,8-9,11-12H2,1-2H3,(H,26,28). The highest BCUT2D eigenvalue weighted by Gasteiger charge is 2.29. The number of amides is 2. The van der Waals surface area contributed by atoms with Gasteiger partial charge in [-0.1, -0.05) is 18.2 Å². The van der Waals surface area contributed by atoms with Crippen LogP contribution < -0.4 is 19.7 Å². The van der Waals surface area contributed by atoms with E-state index in [2.05, 4.69) is 5.32 Å². The van der Waals surface area contributed by atoms with E-state index in [1.54, 1.807) is 32.4 Å². The summed E-state index contributed by atoms with van der Waals surface area (Å²) in [4.78, 5) is 29.7. The van der Waals surface area contributed by atoms with E-state index in [9.17, 15) is 9.59 Å². The molecule has 0 unspecified atom stereocenters. The van der Waals surface area contributed by atoms with Crippen LogP contribution >= 0.6 is 11.3 Å². The van der Waals surface area contributed by atoms with Crippen molar-refractivity contribution >= 4 is 28.8 Å². The summed E-state index contributed by atoms with van der Waals surface area (Å²) in [7, 11) is 3.13. The molecule has 3 aromatic rings.